The number of rotatable bonds is 6. The summed E-state index contributed by atoms with van der Waals surface area (Å²) in [6.07, 6.45) is 0. The highest BCUT2D eigenvalue weighted by Crippen LogP contribution is 2.36. The zero-order valence-electron chi connectivity index (χ0n) is 18.3. The number of ether oxygens (including phenoxy) is 3. The predicted molar refractivity (Wildman–Crippen MR) is 120 cm³/mol. The molecule has 156 valence electrons. The quantitative estimate of drug-likeness (QED) is 0.572. The van der Waals surface area contributed by atoms with Gasteiger partial charge in [0.15, 0.2) is 0 Å². The Balaban J connectivity index is 0.000000537. The van der Waals surface area contributed by atoms with Gasteiger partial charge < -0.3 is 19.3 Å². The van der Waals surface area contributed by atoms with Gasteiger partial charge in [-0.3, -0.25) is 0 Å². The Morgan fingerprint density at radius 2 is 1.31 bits per heavy atom. The molecule has 0 bridgehead atoms. The van der Waals surface area contributed by atoms with Crippen LogP contribution in [0.2, 0.25) is 0 Å². The summed E-state index contributed by atoms with van der Waals surface area (Å²) in [6, 6.07) is 18.1. The average Bonchev–Trinajstić information content (AvgIpc) is 2.73. The van der Waals surface area contributed by atoms with Crippen LogP contribution in [0.1, 0.15) is 33.3 Å². The van der Waals surface area contributed by atoms with Crippen molar-refractivity contribution < 1.29 is 19.3 Å². The molecule has 0 amide bonds. The lowest BCUT2D eigenvalue weighted by Crippen LogP contribution is -2.17. The van der Waals surface area contributed by atoms with Crippen molar-refractivity contribution in [3.63, 3.8) is 0 Å². The van der Waals surface area contributed by atoms with Crippen molar-refractivity contribution in [1.82, 2.24) is 0 Å². The second kappa shape index (κ2) is 10.3. The third-order valence-corrected chi connectivity index (χ3v) is 4.65. The van der Waals surface area contributed by atoms with E-state index in [1.807, 2.05) is 50.2 Å². The molecule has 0 spiro atoms. The summed E-state index contributed by atoms with van der Waals surface area (Å²) in [5, 5.41) is 12.8. The first kappa shape index (κ1) is 22.7. The fourth-order valence-corrected chi connectivity index (χ4v) is 3.13. The van der Waals surface area contributed by atoms with E-state index in [1.165, 1.54) is 0 Å². The molecule has 0 heterocycles. The van der Waals surface area contributed by atoms with Crippen molar-refractivity contribution in [2.45, 2.75) is 33.3 Å². The lowest BCUT2D eigenvalue weighted by atomic mass is 9.88. The molecule has 4 nitrogen and oxygen atoms in total. The molecule has 29 heavy (non-hydrogen) atoms. The van der Waals surface area contributed by atoms with Crippen LogP contribution in [0.4, 0.5) is 0 Å². The van der Waals surface area contributed by atoms with Crippen LogP contribution < -0.4 is 9.47 Å². The molecule has 0 saturated carbocycles. The first-order valence-corrected chi connectivity index (χ1v) is 9.90. The third-order valence-electron chi connectivity index (χ3n) is 4.65. The van der Waals surface area contributed by atoms with Gasteiger partial charge in [-0.1, -0.05) is 24.3 Å². The largest absolute Gasteiger partial charge is 0.497 e. The van der Waals surface area contributed by atoms with Crippen LogP contribution in [0.3, 0.4) is 0 Å². The molecule has 0 aliphatic rings. The normalized spacial score (nSPS) is 11.0. The Kier molecular flexibility index (Phi) is 8.06. The van der Waals surface area contributed by atoms with E-state index in [0.717, 1.165) is 52.2 Å². The van der Waals surface area contributed by atoms with Crippen molar-refractivity contribution in [2.75, 3.05) is 27.4 Å². The highest BCUT2D eigenvalue weighted by atomic mass is 16.5. The van der Waals surface area contributed by atoms with Gasteiger partial charge in [0, 0.05) is 13.2 Å². The lowest BCUT2D eigenvalue weighted by Gasteiger charge is -2.23. The minimum absolute atomic E-state index is 0.737. The molecule has 3 aromatic carbocycles. The number of methoxy groups -OCH3 is 2. The zero-order valence-corrected chi connectivity index (χ0v) is 18.3. The molecule has 0 aliphatic heterocycles. The summed E-state index contributed by atoms with van der Waals surface area (Å²) in [6.45, 7) is 9.24. The first-order valence-electron chi connectivity index (χ1n) is 9.90. The van der Waals surface area contributed by atoms with Crippen LogP contribution in [0.25, 0.3) is 21.9 Å². The van der Waals surface area contributed by atoms with Gasteiger partial charge in [-0.05, 0) is 85.5 Å². The van der Waals surface area contributed by atoms with E-state index < -0.39 is 5.60 Å². The van der Waals surface area contributed by atoms with E-state index in [2.05, 4.69) is 18.2 Å². The van der Waals surface area contributed by atoms with E-state index in [9.17, 15) is 5.11 Å². The Morgan fingerprint density at radius 1 is 0.759 bits per heavy atom. The topological polar surface area (TPSA) is 47.9 Å². The van der Waals surface area contributed by atoms with Crippen molar-refractivity contribution in [1.29, 1.82) is 0 Å². The van der Waals surface area contributed by atoms with E-state index in [0.29, 0.717) is 0 Å². The molecule has 0 aliphatic carbocycles. The van der Waals surface area contributed by atoms with Gasteiger partial charge in [-0.2, -0.15) is 0 Å². The predicted octanol–water partition coefficient (Wildman–Crippen LogP) is 5.79. The maximum atomic E-state index is 10.6. The highest BCUT2D eigenvalue weighted by Gasteiger charge is 2.21. The molecule has 4 heteroatoms. The summed E-state index contributed by atoms with van der Waals surface area (Å²) in [7, 11) is 3.30. The minimum atomic E-state index is -0.960. The number of aliphatic hydroxyl groups is 1. The zero-order chi connectivity index (χ0) is 21.4. The SMILES string of the molecule is CCOCC.COc1ccc(-c2ccc3cc(OC)ccc3c2)c(C(C)(C)O)c1. The fourth-order valence-electron chi connectivity index (χ4n) is 3.13. The number of benzene rings is 3. The van der Waals surface area contributed by atoms with Crippen LogP contribution >= 0.6 is 0 Å². The molecule has 0 atom stereocenters. The molecule has 0 fully saturated rings. The fraction of sp³-hybridized carbons (Fsp3) is 0.360. The summed E-state index contributed by atoms with van der Waals surface area (Å²) in [4.78, 5) is 0. The molecule has 1 N–H and O–H groups in total. The van der Waals surface area contributed by atoms with Crippen molar-refractivity contribution in [2.24, 2.45) is 0 Å². The molecule has 3 aromatic rings. The Hall–Kier alpha value is -2.56. The second-order valence-electron chi connectivity index (χ2n) is 7.18. The standard InChI is InChI=1S/C21H22O3.C4H10O/c1-21(2,22)20-13-18(24-4)9-10-19(20)16-6-5-15-12-17(23-3)8-7-14(15)11-16;1-3-5-4-2/h5-13,22H,1-4H3;3-4H2,1-2H3. The molecule has 0 unspecified atom stereocenters. The summed E-state index contributed by atoms with van der Waals surface area (Å²) in [5.41, 5.74) is 1.95. The van der Waals surface area contributed by atoms with Gasteiger partial charge >= 0.3 is 0 Å². The second-order valence-corrected chi connectivity index (χ2v) is 7.18. The monoisotopic (exact) mass is 396 g/mol. The molecule has 0 aromatic heterocycles. The van der Waals surface area contributed by atoms with E-state index in [1.54, 1.807) is 28.1 Å². The molecule has 0 saturated heterocycles. The maximum absolute atomic E-state index is 10.6. The summed E-state index contributed by atoms with van der Waals surface area (Å²) >= 11 is 0. The summed E-state index contributed by atoms with van der Waals surface area (Å²) < 4.78 is 15.4. The van der Waals surface area contributed by atoms with E-state index in [-0.39, 0.29) is 0 Å². The smallest absolute Gasteiger partial charge is 0.119 e. The third kappa shape index (κ3) is 5.96. The van der Waals surface area contributed by atoms with E-state index >= 15 is 0 Å². The Bertz CT molecular complexity index is 924. The number of hydrogen-bond acceptors (Lipinski definition) is 4. The summed E-state index contributed by atoms with van der Waals surface area (Å²) in [5.74, 6) is 1.58. The minimum Gasteiger partial charge on any atom is -0.497 e. The average molecular weight is 397 g/mol. The van der Waals surface area contributed by atoms with Gasteiger partial charge in [0.05, 0.1) is 19.8 Å². The van der Waals surface area contributed by atoms with Crippen LogP contribution in [-0.2, 0) is 10.3 Å². The molecule has 0 radical (unpaired) electrons. The Morgan fingerprint density at radius 3 is 1.86 bits per heavy atom. The number of hydrogen-bond donors (Lipinski definition) is 1. The van der Waals surface area contributed by atoms with Crippen LogP contribution in [0.5, 0.6) is 11.5 Å². The van der Waals surface area contributed by atoms with Crippen LogP contribution in [-0.4, -0.2) is 32.5 Å². The van der Waals surface area contributed by atoms with Crippen molar-refractivity contribution in [3.8, 4) is 22.6 Å². The molecular weight excluding hydrogens is 364 g/mol. The van der Waals surface area contributed by atoms with Gasteiger partial charge in [0.2, 0.25) is 0 Å². The van der Waals surface area contributed by atoms with Gasteiger partial charge in [-0.25, -0.2) is 0 Å². The van der Waals surface area contributed by atoms with Gasteiger partial charge in [0.25, 0.3) is 0 Å². The first-order chi connectivity index (χ1) is 13.8. The van der Waals surface area contributed by atoms with E-state index in [4.69, 9.17) is 14.2 Å². The lowest BCUT2D eigenvalue weighted by molar-refractivity contribution is 0.0789. The Labute approximate surface area is 174 Å². The van der Waals surface area contributed by atoms with Gasteiger partial charge in [0.1, 0.15) is 11.5 Å². The highest BCUT2D eigenvalue weighted by molar-refractivity contribution is 5.89. The van der Waals surface area contributed by atoms with Crippen molar-refractivity contribution >= 4 is 10.8 Å². The van der Waals surface area contributed by atoms with Crippen LogP contribution in [0, 0.1) is 0 Å². The molecule has 3 rings (SSSR count). The number of fused-ring (bicyclic) bond motifs is 1. The molecular formula is C25H32O4. The van der Waals surface area contributed by atoms with Crippen molar-refractivity contribution in [3.05, 3.63) is 60.2 Å². The van der Waals surface area contributed by atoms with Crippen LogP contribution in [0.15, 0.2) is 54.6 Å². The maximum Gasteiger partial charge on any atom is 0.119 e. The van der Waals surface area contributed by atoms with Gasteiger partial charge in [-0.15, -0.1) is 0 Å².